The first-order chi connectivity index (χ1) is 14.0. The molecule has 2 atom stereocenters. The summed E-state index contributed by atoms with van der Waals surface area (Å²) < 4.78 is 11.4. The molecule has 29 heavy (non-hydrogen) atoms. The van der Waals surface area contributed by atoms with Crippen LogP contribution in [0.15, 0.2) is 18.3 Å². The Morgan fingerprint density at radius 3 is 2.90 bits per heavy atom. The first kappa shape index (κ1) is 22.4. The van der Waals surface area contributed by atoms with Crippen molar-refractivity contribution in [3.8, 4) is 0 Å². The third-order valence-corrected chi connectivity index (χ3v) is 6.08. The number of carbonyl (C=O) groups excluding carboxylic acids is 1. The quantitative estimate of drug-likeness (QED) is 0.643. The fraction of sp³-hybridized carbons (Fsp3) is 0.714. The fourth-order valence-electron chi connectivity index (χ4n) is 3.93. The number of likely N-dealkylation sites (tertiary alicyclic amines) is 1. The van der Waals surface area contributed by atoms with Gasteiger partial charge in [-0.3, -0.25) is 9.69 Å². The predicted octanol–water partition coefficient (Wildman–Crippen LogP) is 1.91. The van der Waals surface area contributed by atoms with Crippen molar-refractivity contribution in [1.29, 1.82) is 0 Å². The van der Waals surface area contributed by atoms with E-state index in [0.717, 1.165) is 52.4 Å². The molecule has 0 bridgehead atoms. The van der Waals surface area contributed by atoms with E-state index in [0.29, 0.717) is 24.3 Å². The minimum atomic E-state index is -0.211. The second-order valence-corrected chi connectivity index (χ2v) is 8.49. The van der Waals surface area contributed by atoms with Gasteiger partial charge in [-0.2, -0.15) is 0 Å². The van der Waals surface area contributed by atoms with Gasteiger partial charge in [0.15, 0.2) is 0 Å². The Hall–Kier alpha value is -1.25. The highest BCUT2D eigenvalue weighted by molar-refractivity contribution is 6.33. The van der Waals surface area contributed by atoms with Gasteiger partial charge in [0.2, 0.25) is 0 Å². The molecule has 0 aromatic carbocycles. The first-order valence-electron chi connectivity index (χ1n) is 10.6. The molecule has 1 amide bonds. The molecule has 162 valence electrons. The predicted molar refractivity (Wildman–Crippen MR) is 113 cm³/mol. The fourth-order valence-corrected chi connectivity index (χ4v) is 4.14. The molecule has 2 aliphatic heterocycles. The van der Waals surface area contributed by atoms with Gasteiger partial charge in [0.05, 0.1) is 31.5 Å². The van der Waals surface area contributed by atoms with Crippen LogP contribution >= 0.6 is 11.6 Å². The van der Waals surface area contributed by atoms with Crippen molar-refractivity contribution in [2.24, 2.45) is 5.92 Å². The molecule has 0 aliphatic carbocycles. The smallest absolute Gasteiger partial charge is 0.271 e. The molecule has 2 aliphatic rings. The average Bonchev–Trinajstić information content (AvgIpc) is 2.73. The Labute approximate surface area is 178 Å². The van der Waals surface area contributed by atoms with Crippen LogP contribution in [0.1, 0.15) is 30.8 Å². The number of aromatic nitrogens is 1. The van der Waals surface area contributed by atoms with E-state index in [-0.39, 0.29) is 23.6 Å². The topological polar surface area (TPSA) is 66.9 Å². The van der Waals surface area contributed by atoms with E-state index in [9.17, 15) is 4.79 Å². The highest BCUT2D eigenvalue weighted by Crippen LogP contribution is 2.21. The summed E-state index contributed by atoms with van der Waals surface area (Å²) in [6.45, 7) is 12.1. The van der Waals surface area contributed by atoms with Crippen LogP contribution in [0.4, 0.5) is 0 Å². The normalized spacial score (nSPS) is 24.0. The summed E-state index contributed by atoms with van der Waals surface area (Å²) in [6.07, 6.45) is 2.49. The zero-order chi connectivity index (χ0) is 20.6. The van der Waals surface area contributed by atoms with Crippen molar-refractivity contribution >= 4 is 17.5 Å². The van der Waals surface area contributed by atoms with Crippen LogP contribution in [0.3, 0.4) is 0 Å². The minimum absolute atomic E-state index is 0.0546. The van der Waals surface area contributed by atoms with E-state index < -0.39 is 0 Å². The lowest BCUT2D eigenvalue weighted by atomic mass is 9.91. The molecule has 7 nitrogen and oxygen atoms in total. The summed E-state index contributed by atoms with van der Waals surface area (Å²) in [6, 6.07) is 3.95. The molecule has 1 aromatic rings. The number of pyridine rings is 1. The van der Waals surface area contributed by atoms with Crippen LogP contribution in [0.2, 0.25) is 5.02 Å². The second-order valence-electron chi connectivity index (χ2n) is 8.08. The number of nitrogens with one attached hydrogen (secondary N) is 1. The van der Waals surface area contributed by atoms with Gasteiger partial charge in [-0.25, -0.2) is 4.98 Å². The highest BCUT2D eigenvalue weighted by Gasteiger charge is 2.32. The third-order valence-electron chi connectivity index (χ3n) is 5.77. The lowest BCUT2D eigenvalue weighted by molar-refractivity contribution is 0.00229. The van der Waals surface area contributed by atoms with Crippen LogP contribution in [0, 0.1) is 5.92 Å². The number of piperidine rings is 1. The molecule has 1 N–H and O–H groups in total. The summed E-state index contributed by atoms with van der Waals surface area (Å²) in [5, 5.41) is 3.53. The van der Waals surface area contributed by atoms with Crippen LogP contribution in [-0.2, 0) is 9.47 Å². The zero-order valence-corrected chi connectivity index (χ0v) is 18.2. The number of halogens is 1. The Morgan fingerprint density at radius 1 is 1.38 bits per heavy atom. The number of morpholine rings is 1. The van der Waals surface area contributed by atoms with Gasteiger partial charge < -0.3 is 19.7 Å². The second kappa shape index (κ2) is 11.2. The molecule has 2 saturated heterocycles. The first-order valence-corrected chi connectivity index (χ1v) is 11.0. The van der Waals surface area contributed by atoms with Crippen molar-refractivity contribution in [2.45, 2.75) is 32.4 Å². The van der Waals surface area contributed by atoms with Gasteiger partial charge in [-0.1, -0.05) is 11.6 Å². The van der Waals surface area contributed by atoms with E-state index in [4.69, 9.17) is 21.1 Å². The van der Waals surface area contributed by atoms with Crippen molar-refractivity contribution in [3.05, 3.63) is 29.0 Å². The highest BCUT2D eigenvalue weighted by atomic mass is 35.5. The maximum atomic E-state index is 12.7. The lowest BCUT2D eigenvalue weighted by Gasteiger charge is -2.40. The molecule has 0 radical (unpaired) electrons. The molecule has 3 heterocycles. The minimum Gasteiger partial charge on any atom is -0.380 e. The largest absolute Gasteiger partial charge is 0.380 e. The van der Waals surface area contributed by atoms with E-state index in [1.54, 1.807) is 18.3 Å². The molecule has 8 heteroatoms. The number of amides is 1. The summed E-state index contributed by atoms with van der Waals surface area (Å²) in [7, 11) is 0. The summed E-state index contributed by atoms with van der Waals surface area (Å²) in [5.74, 6) is 0.0270. The van der Waals surface area contributed by atoms with Crippen molar-refractivity contribution in [2.75, 3.05) is 59.2 Å². The maximum absolute atomic E-state index is 12.7. The monoisotopic (exact) mass is 424 g/mol. The number of ether oxygens (including phenoxy) is 2. The van der Waals surface area contributed by atoms with E-state index in [2.05, 4.69) is 33.9 Å². The SMILES string of the molecule is CC(C)N1CCC(NC(=O)c2ncccc2Cl)C(COCCN2CCOCC2)C1. The Kier molecular flexibility index (Phi) is 8.68. The lowest BCUT2D eigenvalue weighted by Crippen LogP contribution is -2.54. The van der Waals surface area contributed by atoms with Crippen molar-refractivity contribution < 1.29 is 14.3 Å². The number of carbonyl (C=O) groups is 1. The van der Waals surface area contributed by atoms with E-state index in [1.807, 2.05) is 0 Å². The Balaban J connectivity index is 1.53. The van der Waals surface area contributed by atoms with Gasteiger partial charge in [-0.15, -0.1) is 0 Å². The van der Waals surface area contributed by atoms with Gasteiger partial charge >= 0.3 is 0 Å². The molecule has 2 unspecified atom stereocenters. The van der Waals surface area contributed by atoms with Crippen LogP contribution in [0.5, 0.6) is 0 Å². The van der Waals surface area contributed by atoms with Crippen LogP contribution in [-0.4, -0.2) is 91.9 Å². The molecular formula is C21H33ClN4O3. The molecule has 1 aromatic heterocycles. The standard InChI is InChI=1S/C21H33ClN4O3/c1-16(2)26-7-5-19(24-21(27)20-18(22)4-3-6-23-20)17(14-26)15-29-13-10-25-8-11-28-12-9-25/h3-4,6,16-17,19H,5,7-15H2,1-2H3,(H,24,27). The molecular weight excluding hydrogens is 392 g/mol. The summed E-state index contributed by atoms with van der Waals surface area (Å²) in [4.78, 5) is 21.7. The molecule has 0 spiro atoms. The summed E-state index contributed by atoms with van der Waals surface area (Å²) in [5.41, 5.74) is 0.285. The van der Waals surface area contributed by atoms with Crippen LogP contribution < -0.4 is 5.32 Å². The van der Waals surface area contributed by atoms with Gasteiger partial charge in [-0.05, 0) is 32.4 Å². The Morgan fingerprint density at radius 2 is 2.17 bits per heavy atom. The Bertz CT molecular complexity index is 655. The zero-order valence-electron chi connectivity index (χ0n) is 17.5. The average molecular weight is 425 g/mol. The maximum Gasteiger partial charge on any atom is 0.271 e. The van der Waals surface area contributed by atoms with E-state index >= 15 is 0 Å². The van der Waals surface area contributed by atoms with Crippen LogP contribution in [0.25, 0.3) is 0 Å². The number of hydrogen-bond acceptors (Lipinski definition) is 6. The number of nitrogens with zero attached hydrogens (tertiary/aromatic N) is 3. The molecule has 3 rings (SSSR count). The van der Waals surface area contributed by atoms with E-state index in [1.165, 1.54) is 0 Å². The third kappa shape index (κ3) is 6.62. The van der Waals surface area contributed by atoms with Crippen molar-refractivity contribution in [1.82, 2.24) is 20.1 Å². The van der Waals surface area contributed by atoms with Gasteiger partial charge in [0, 0.05) is 56.9 Å². The summed E-state index contributed by atoms with van der Waals surface area (Å²) >= 11 is 6.14. The van der Waals surface area contributed by atoms with Gasteiger partial charge in [0.25, 0.3) is 5.91 Å². The molecule has 0 saturated carbocycles. The van der Waals surface area contributed by atoms with Crippen molar-refractivity contribution in [3.63, 3.8) is 0 Å². The molecule has 2 fully saturated rings. The van der Waals surface area contributed by atoms with Gasteiger partial charge in [0.1, 0.15) is 5.69 Å². The number of hydrogen-bond donors (Lipinski definition) is 1. The number of rotatable bonds is 8.